The summed E-state index contributed by atoms with van der Waals surface area (Å²) >= 11 is 14.7. The fourth-order valence-electron chi connectivity index (χ4n) is 1.45. The highest BCUT2D eigenvalue weighted by Gasteiger charge is 2.07. The lowest BCUT2D eigenvalue weighted by Gasteiger charge is -2.06. The summed E-state index contributed by atoms with van der Waals surface area (Å²) in [5, 5.41) is 0.810. The van der Waals surface area contributed by atoms with Crippen molar-refractivity contribution < 1.29 is 0 Å². The Morgan fingerprint density at radius 2 is 1.94 bits per heavy atom. The molecule has 0 spiro atoms. The maximum Gasteiger partial charge on any atom is 0.328 e. The van der Waals surface area contributed by atoms with E-state index < -0.39 is 11.2 Å². The molecule has 1 aromatic carbocycles. The van der Waals surface area contributed by atoms with Crippen molar-refractivity contribution in [3.05, 3.63) is 65.3 Å². The minimum absolute atomic E-state index is 0.129. The number of nitrogens with zero attached hydrogens (tertiary/aromatic N) is 1. The van der Waals surface area contributed by atoms with Gasteiger partial charge in [-0.25, -0.2) is 4.79 Å². The van der Waals surface area contributed by atoms with Gasteiger partial charge in [-0.05, 0) is 33.6 Å². The maximum absolute atomic E-state index is 11.8. The predicted molar refractivity (Wildman–Crippen MR) is 74.6 cm³/mol. The monoisotopic (exact) mass is 348 g/mol. The molecule has 0 fully saturated rings. The Kier molecular flexibility index (Phi) is 3.94. The molecule has 0 aliphatic heterocycles. The number of aromatic amines is 1. The normalized spacial score (nSPS) is 10.6. The van der Waals surface area contributed by atoms with Crippen LogP contribution in [0.25, 0.3) is 0 Å². The van der Waals surface area contributed by atoms with E-state index in [1.165, 1.54) is 6.20 Å². The topological polar surface area (TPSA) is 54.9 Å². The van der Waals surface area contributed by atoms with Crippen LogP contribution in [0.1, 0.15) is 5.56 Å². The molecule has 1 aromatic heterocycles. The van der Waals surface area contributed by atoms with Gasteiger partial charge in [0.15, 0.2) is 0 Å². The molecule has 1 heterocycles. The lowest BCUT2D eigenvalue weighted by molar-refractivity contribution is 0.694. The van der Waals surface area contributed by atoms with Crippen molar-refractivity contribution in [2.24, 2.45) is 0 Å². The average molecular weight is 350 g/mol. The number of benzene rings is 1. The van der Waals surface area contributed by atoms with Crippen LogP contribution in [0.2, 0.25) is 10.0 Å². The molecule has 2 rings (SSSR count). The smallest absolute Gasteiger partial charge is 0.313 e. The molecule has 4 nitrogen and oxygen atoms in total. The summed E-state index contributed by atoms with van der Waals surface area (Å²) in [5.41, 5.74) is -0.158. The van der Waals surface area contributed by atoms with Crippen LogP contribution in [-0.2, 0) is 6.54 Å². The molecule has 2 aromatic rings. The summed E-state index contributed by atoms with van der Waals surface area (Å²) in [7, 11) is 0. The largest absolute Gasteiger partial charge is 0.328 e. The summed E-state index contributed by atoms with van der Waals surface area (Å²) in [4.78, 5) is 25.8. The van der Waals surface area contributed by atoms with E-state index in [1.807, 2.05) is 0 Å². The molecule has 0 aliphatic rings. The quantitative estimate of drug-likeness (QED) is 0.906. The second-order valence-electron chi connectivity index (χ2n) is 3.58. The molecule has 0 saturated carbocycles. The van der Waals surface area contributed by atoms with Gasteiger partial charge in [0.25, 0.3) is 5.56 Å². The zero-order chi connectivity index (χ0) is 13.3. The lowest BCUT2D eigenvalue weighted by atomic mass is 10.2. The van der Waals surface area contributed by atoms with Gasteiger partial charge in [0, 0.05) is 6.20 Å². The van der Waals surface area contributed by atoms with E-state index in [1.54, 1.807) is 18.2 Å². The van der Waals surface area contributed by atoms with E-state index in [0.29, 0.717) is 14.5 Å². The van der Waals surface area contributed by atoms with Crippen LogP contribution in [0.5, 0.6) is 0 Å². The molecule has 0 amide bonds. The summed E-state index contributed by atoms with van der Waals surface area (Å²) in [5.74, 6) is 0. The number of aromatic nitrogens is 2. The van der Waals surface area contributed by atoms with Crippen LogP contribution >= 0.6 is 39.1 Å². The third-order valence-electron chi connectivity index (χ3n) is 2.34. The van der Waals surface area contributed by atoms with Gasteiger partial charge in [-0.15, -0.1) is 0 Å². The zero-order valence-electron chi connectivity index (χ0n) is 8.91. The molecule has 0 bridgehead atoms. The molecule has 0 aliphatic carbocycles. The third kappa shape index (κ3) is 2.68. The van der Waals surface area contributed by atoms with Crippen LogP contribution in [0.4, 0.5) is 0 Å². The summed E-state index contributed by atoms with van der Waals surface area (Å²) in [6.45, 7) is 0.129. The lowest BCUT2D eigenvalue weighted by Crippen LogP contribution is -2.35. The van der Waals surface area contributed by atoms with E-state index in [4.69, 9.17) is 23.2 Å². The molecular weight excluding hydrogens is 343 g/mol. The second-order valence-corrected chi connectivity index (χ2v) is 5.25. The Hall–Kier alpha value is -1.04. The Balaban J connectivity index is 2.46. The van der Waals surface area contributed by atoms with Crippen molar-refractivity contribution in [1.82, 2.24) is 9.55 Å². The average Bonchev–Trinajstić information content (AvgIpc) is 2.34. The highest BCUT2D eigenvalue weighted by molar-refractivity contribution is 9.10. The maximum atomic E-state index is 11.8. The number of nitrogens with one attached hydrogen (secondary N) is 1. The summed E-state index contributed by atoms with van der Waals surface area (Å²) in [6, 6.07) is 4.95. The summed E-state index contributed by atoms with van der Waals surface area (Å²) in [6.07, 6.45) is 1.32. The van der Waals surface area contributed by atoms with Crippen molar-refractivity contribution >= 4 is 39.1 Å². The molecule has 0 atom stereocenters. The molecule has 7 heteroatoms. The first-order valence-corrected chi connectivity index (χ1v) is 6.46. The van der Waals surface area contributed by atoms with Crippen molar-refractivity contribution in [2.45, 2.75) is 6.54 Å². The van der Waals surface area contributed by atoms with Gasteiger partial charge in [0.05, 0.1) is 21.1 Å². The van der Waals surface area contributed by atoms with Gasteiger partial charge in [0.2, 0.25) is 0 Å². The van der Waals surface area contributed by atoms with Crippen LogP contribution in [0, 0.1) is 0 Å². The fraction of sp³-hybridized carbons (Fsp3) is 0.0909. The molecular formula is C11H7BrCl2N2O2. The predicted octanol–water partition coefficient (Wildman–Crippen LogP) is 2.65. The molecule has 0 unspecified atom stereocenters. The van der Waals surface area contributed by atoms with Gasteiger partial charge in [-0.3, -0.25) is 9.36 Å². The van der Waals surface area contributed by atoms with E-state index in [9.17, 15) is 9.59 Å². The highest BCUT2D eigenvalue weighted by Crippen LogP contribution is 2.22. The van der Waals surface area contributed by atoms with Crippen LogP contribution in [0.3, 0.4) is 0 Å². The first-order chi connectivity index (χ1) is 8.49. The standard InChI is InChI=1S/C11H7BrCl2N2O2/c12-7-4-15-11(18)16(10(7)17)5-6-1-2-8(13)9(14)3-6/h1-4H,5H2,(H,15,18). The molecule has 0 radical (unpaired) electrons. The molecule has 0 saturated heterocycles. The molecule has 18 heavy (non-hydrogen) atoms. The zero-order valence-corrected chi connectivity index (χ0v) is 12.0. The molecule has 1 N–H and O–H groups in total. The van der Waals surface area contributed by atoms with Crippen molar-refractivity contribution in [3.8, 4) is 0 Å². The highest BCUT2D eigenvalue weighted by atomic mass is 79.9. The Morgan fingerprint density at radius 3 is 2.61 bits per heavy atom. The van der Waals surface area contributed by atoms with Gasteiger partial charge in [-0.2, -0.15) is 0 Å². The van der Waals surface area contributed by atoms with Crippen LogP contribution in [0.15, 0.2) is 38.5 Å². The third-order valence-corrected chi connectivity index (χ3v) is 3.65. The van der Waals surface area contributed by atoms with E-state index in [-0.39, 0.29) is 6.54 Å². The van der Waals surface area contributed by atoms with E-state index in [0.717, 1.165) is 10.1 Å². The van der Waals surface area contributed by atoms with Crippen LogP contribution in [-0.4, -0.2) is 9.55 Å². The number of rotatable bonds is 2. The minimum Gasteiger partial charge on any atom is -0.313 e. The summed E-state index contributed by atoms with van der Waals surface area (Å²) < 4.78 is 1.37. The van der Waals surface area contributed by atoms with Crippen LogP contribution < -0.4 is 11.2 Å². The van der Waals surface area contributed by atoms with Crippen molar-refractivity contribution in [2.75, 3.05) is 0 Å². The first kappa shape index (κ1) is 13.4. The Bertz CT molecular complexity index is 709. The van der Waals surface area contributed by atoms with Gasteiger partial charge < -0.3 is 4.98 Å². The Morgan fingerprint density at radius 1 is 1.22 bits per heavy atom. The Labute approximate surface area is 120 Å². The second kappa shape index (κ2) is 5.30. The number of hydrogen-bond donors (Lipinski definition) is 1. The number of hydrogen-bond acceptors (Lipinski definition) is 2. The minimum atomic E-state index is -0.478. The van der Waals surface area contributed by atoms with Crippen molar-refractivity contribution in [3.63, 3.8) is 0 Å². The van der Waals surface area contributed by atoms with E-state index in [2.05, 4.69) is 20.9 Å². The van der Waals surface area contributed by atoms with Gasteiger partial charge in [-0.1, -0.05) is 29.3 Å². The number of H-pyrrole nitrogens is 1. The molecule has 94 valence electrons. The van der Waals surface area contributed by atoms with E-state index >= 15 is 0 Å². The van der Waals surface area contributed by atoms with Crippen molar-refractivity contribution in [1.29, 1.82) is 0 Å². The van der Waals surface area contributed by atoms with Gasteiger partial charge >= 0.3 is 5.69 Å². The first-order valence-electron chi connectivity index (χ1n) is 4.91. The van der Waals surface area contributed by atoms with Gasteiger partial charge in [0.1, 0.15) is 0 Å². The SMILES string of the molecule is O=c1[nH]cc(Br)c(=O)n1Cc1ccc(Cl)c(Cl)c1. The number of halogens is 3. The fourth-order valence-corrected chi connectivity index (χ4v) is 2.10.